The first-order valence-corrected chi connectivity index (χ1v) is 6.03. The molecule has 0 radical (unpaired) electrons. The van der Waals surface area contributed by atoms with Gasteiger partial charge in [-0.25, -0.2) is 0 Å². The topological polar surface area (TPSA) is 0 Å². The summed E-state index contributed by atoms with van der Waals surface area (Å²) < 4.78 is 0.860. The molecule has 0 spiro atoms. The van der Waals surface area contributed by atoms with Crippen molar-refractivity contribution in [1.82, 2.24) is 0 Å². The minimum absolute atomic E-state index is 0.860. The Bertz CT molecular complexity index is 367. The lowest BCUT2D eigenvalue weighted by Crippen LogP contribution is -1.67. The third-order valence-electron chi connectivity index (χ3n) is 1.51. The predicted molar refractivity (Wildman–Crippen MR) is 57.0 cm³/mol. The molecule has 60 valence electrons. The molecule has 0 aliphatic carbocycles. The van der Waals surface area contributed by atoms with Crippen LogP contribution in [0.25, 0.3) is 10.4 Å². The molecule has 0 amide bonds. The summed E-state index contributed by atoms with van der Waals surface area (Å²) in [6.45, 7) is 0. The largest absolute Gasteiger partial charge is 0.302 e. The lowest BCUT2D eigenvalue weighted by atomic mass is 10.2. The summed E-state index contributed by atoms with van der Waals surface area (Å²) in [4.78, 5) is 1.24. The molecule has 1 aromatic carbocycles. The van der Waals surface area contributed by atoms with Gasteiger partial charge in [-0.15, -0.1) is 0 Å². The predicted octanol–water partition coefficient (Wildman–Crippen LogP) is 4.41. The minimum Gasteiger partial charge on any atom is -0.0670 e. The molecule has 3 heteroatoms. The van der Waals surface area contributed by atoms with Crippen molar-refractivity contribution in [2.45, 2.75) is 0 Å². The van der Waals surface area contributed by atoms with E-state index < -0.39 is 0 Å². The third kappa shape index (κ3) is 1.66. The Balaban J connectivity index is 2.45. The van der Waals surface area contributed by atoms with Crippen LogP contribution in [-0.4, -0.2) is 0 Å². The van der Waals surface area contributed by atoms with Crippen molar-refractivity contribution in [3.05, 3.63) is 40.7 Å². The highest BCUT2D eigenvalue weighted by molar-refractivity contribution is 7.71. The summed E-state index contributed by atoms with van der Waals surface area (Å²) in [7, 11) is 3.32. The van der Waals surface area contributed by atoms with Crippen molar-refractivity contribution in [1.29, 1.82) is 0 Å². The second kappa shape index (κ2) is 3.52. The van der Waals surface area contributed by atoms with E-state index in [1.54, 1.807) is 20.7 Å². The number of benzene rings is 1. The molecule has 0 saturated carbocycles. The standard InChI is InChI=1S/C9H6ClS2/c10-9-6-8(11-12-9)7-4-2-1-3-5-7/h1-6H/q+1. The van der Waals surface area contributed by atoms with Gasteiger partial charge in [-0.1, -0.05) is 29.8 Å². The van der Waals surface area contributed by atoms with Gasteiger partial charge in [0.25, 0.3) is 4.88 Å². The van der Waals surface area contributed by atoms with Crippen LogP contribution in [0, 0.1) is 0 Å². The summed E-state index contributed by atoms with van der Waals surface area (Å²) in [6, 6.07) is 12.3. The van der Waals surface area contributed by atoms with Crippen LogP contribution in [0.15, 0.2) is 36.4 Å². The number of halogens is 1. The van der Waals surface area contributed by atoms with Crippen LogP contribution in [0.2, 0.25) is 4.34 Å². The fraction of sp³-hybridized carbons (Fsp3) is 0. The first-order chi connectivity index (χ1) is 5.86. The van der Waals surface area contributed by atoms with E-state index in [1.165, 1.54) is 10.4 Å². The van der Waals surface area contributed by atoms with E-state index >= 15 is 0 Å². The lowest BCUT2D eigenvalue weighted by molar-refractivity contribution is 1.70. The molecule has 0 fully saturated rings. The minimum atomic E-state index is 0.860. The van der Waals surface area contributed by atoms with Gasteiger partial charge in [-0.2, -0.15) is 0 Å². The van der Waals surface area contributed by atoms with Crippen LogP contribution >= 0.6 is 32.3 Å². The van der Waals surface area contributed by atoms with Crippen LogP contribution in [0.5, 0.6) is 0 Å². The molecule has 1 heterocycles. The Hall–Kier alpha value is -0.440. The molecule has 2 aromatic rings. The van der Waals surface area contributed by atoms with Gasteiger partial charge in [0.1, 0.15) is 0 Å². The molecule has 0 atom stereocenters. The Morgan fingerprint density at radius 3 is 2.50 bits per heavy atom. The summed E-state index contributed by atoms with van der Waals surface area (Å²) in [5, 5.41) is 0. The SMILES string of the molecule is Clc1cc(-c2ccccc2)[s+]s1. The van der Waals surface area contributed by atoms with Crippen molar-refractivity contribution < 1.29 is 0 Å². The maximum absolute atomic E-state index is 5.84. The Morgan fingerprint density at radius 1 is 1.17 bits per heavy atom. The Kier molecular flexibility index (Phi) is 2.40. The molecular weight excluding hydrogens is 208 g/mol. The lowest BCUT2D eigenvalue weighted by Gasteiger charge is -1.85. The van der Waals surface area contributed by atoms with Crippen LogP contribution in [0.4, 0.5) is 0 Å². The second-order valence-electron chi connectivity index (χ2n) is 2.35. The average molecular weight is 214 g/mol. The highest BCUT2D eigenvalue weighted by Crippen LogP contribution is 2.33. The molecule has 0 N–H and O–H groups in total. The summed E-state index contributed by atoms with van der Waals surface area (Å²) in [5.74, 6) is 0. The zero-order chi connectivity index (χ0) is 8.39. The van der Waals surface area contributed by atoms with Crippen molar-refractivity contribution >= 4 is 32.3 Å². The van der Waals surface area contributed by atoms with Gasteiger partial charge in [0.15, 0.2) is 14.7 Å². The third-order valence-corrected chi connectivity index (χ3v) is 4.35. The van der Waals surface area contributed by atoms with E-state index in [0.29, 0.717) is 0 Å². The Labute approximate surface area is 83.5 Å². The first-order valence-electron chi connectivity index (χ1n) is 3.50. The molecule has 0 nitrogen and oxygen atoms in total. The summed E-state index contributed by atoms with van der Waals surface area (Å²) >= 11 is 5.84. The van der Waals surface area contributed by atoms with E-state index in [0.717, 1.165) is 4.34 Å². The molecule has 0 saturated heterocycles. The molecule has 0 unspecified atom stereocenters. The molecule has 0 aliphatic rings. The van der Waals surface area contributed by atoms with Crippen LogP contribution < -0.4 is 0 Å². The van der Waals surface area contributed by atoms with Gasteiger partial charge in [0.05, 0.1) is 0 Å². The van der Waals surface area contributed by atoms with Gasteiger partial charge in [-0.3, -0.25) is 0 Å². The maximum atomic E-state index is 5.84. The smallest absolute Gasteiger partial charge is 0.0670 e. The van der Waals surface area contributed by atoms with Crippen LogP contribution in [-0.2, 0) is 0 Å². The first kappa shape index (κ1) is 8.17. The molecule has 2 rings (SSSR count). The van der Waals surface area contributed by atoms with Gasteiger partial charge in [0.2, 0.25) is 0 Å². The fourth-order valence-corrected chi connectivity index (χ4v) is 3.32. The van der Waals surface area contributed by atoms with E-state index in [9.17, 15) is 0 Å². The summed E-state index contributed by atoms with van der Waals surface area (Å²) in [5.41, 5.74) is 1.24. The van der Waals surface area contributed by atoms with Crippen molar-refractivity contribution in [3.8, 4) is 10.4 Å². The van der Waals surface area contributed by atoms with Crippen molar-refractivity contribution in [2.75, 3.05) is 0 Å². The highest BCUT2D eigenvalue weighted by atomic mass is 35.5. The quantitative estimate of drug-likeness (QED) is 0.486. The monoisotopic (exact) mass is 213 g/mol. The van der Waals surface area contributed by atoms with Gasteiger partial charge >= 0.3 is 10.3 Å². The number of rotatable bonds is 1. The number of hydrogen-bond acceptors (Lipinski definition) is 1. The van der Waals surface area contributed by atoms with Gasteiger partial charge in [-0.05, 0) is 12.1 Å². The average Bonchev–Trinajstić information content (AvgIpc) is 2.54. The van der Waals surface area contributed by atoms with Crippen molar-refractivity contribution in [3.63, 3.8) is 0 Å². The van der Waals surface area contributed by atoms with E-state index in [2.05, 4.69) is 12.1 Å². The molecular formula is C9H6ClS2+. The maximum Gasteiger partial charge on any atom is 0.302 e. The van der Waals surface area contributed by atoms with E-state index in [4.69, 9.17) is 11.6 Å². The van der Waals surface area contributed by atoms with Crippen LogP contribution in [0.3, 0.4) is 0 Å². The zero-order valence-electron chi connectivity index (χ0n) is 6.16. The van der Waals surface area contributed by atoms with Crippen molar-refractivity contribution in [2.24, 2.45) is 0 Å². The Morgan fingerprint density at radius 2 is 1.92 bits per heavy atom. The van der Waals surface area contributed by atoms with Crippen LogP contribution in [0.1, 0.15) is 0 Å². The zero-order valence-corrected chi connectivity index (χ0v) is 8.55. The fourth-order valence-electron chi connectivity index (χ4n) is 0.970. The molecule has 0 aliphatic heterocycles. The highest BCUT2D eigenvalue weighted by Gasteiger charge is 2.13. The molecule has 12 heavy (non-hydrogen) atoms. The molecule has 1 aromatic heterocycles. The summed E-state index contributed by atoms with van der Waals surface area (Å²) in [6.07, 6.45) is 0. The van der Waals surface area contributed by atoms with Gasteiger partial charge < -0.3 is 0 Å². The van der Waals surface area contributed by atoms with Gasteiger partial charge in [0, 0.05) is 11.6 Å². The number of hydrogen-bond donors (Lipinski definition) is 0. The van der Waals surface area contributed by atoms with E-state index in [-0.39, 0.29) is 0 Å². The second-order valence-corrected chi connectivity index (χ2v) is 5.19. The normalized spacial score (nSPS) is 10.1. The molecule has 0 bridgehead atoms. The van der Waals surface area contributed by atoms with E-state index in [1.807, 2.05) is 24.3 Å².